The quantitative estimate of drug-likeness (QED) is 0.487. The Morgan fingerprint density at radius 2 is 1.55 bits per heavy atom. The fourth-order valence-corrected chi connectivity index (χ4v) is 3.84. The van der Waals surface area contributed by atoms with Crippen LogP contribution in [0.5, 0.6) is 11.5 Å². The van der Waals surface area contributed by atoms with Crippen LogP contribution in [0.2, 0.25) is 5.02 Å². The molecule has 0 unspecified atom stereocenters. The lowest BCUT2D eigenvalue weighted by atomic mass is 10.0. The first-order chi connectivity index (χ1) is 16.0. The van der Waals surface area contributed by atoms with Gasteiger partial charge in [0.2, 0.25) is 0 Å². The van der Waals surface area contributed by atoms with Gasteiger partial charge in [0, 0.05) is 23.3 Å². The highest BCUT2D eigenvalue weighted by atomic mass is 35.5. The molecule has 6 nitrogen and oxygen atoms in total. The Morgan fingerprint density at radius 1 is 0.848 bits per heavy atom. The first-order valence-electron chi connectivity index (χ1n) is 10.4. The SMILES string of the molecule is COc1ccc(NC2=C(c3ccccc3)C(=O)N(CCc3ccc(Cl)cc3)C2=O)cc1OC. The summed E-state index contributed by atoms with van der Waals surface area (Å²) in [4.78, 5) is 28.0. The number of amides is 2. The molecule has 7 heteroatoms. The van der Waals surface area contributed by atoms with Crippen LogP contribution in [0.3, 0.4) is 0 Å². The number of imide groups is 1. The maximum absolute atomic E-state index is 13.4. The molecular formula is C26H23ClN2O4. The fraction of sp³-hybridized carbons (Fsp3) is 0.154. The van der Waals surface area contributed by atoms with Gasteiger partial charge in [-0.2, -0.15) is 0 Å². The first-order valence-corrected chi connectivity index (χ1v) is 10.8. The summed E-state index contributed by atoms with van der Waals surface area (Å²) in [5.74, 6) is 0.380. The Kier molecular flexibility index (Phi) is 6.66. The van der Waals surface area contributed by atoms with Crippen LogP contribution in [0.1, 0.15) is 11.1 Å². The lowest BCUT2D eigenvalue weighted by Crippen LogP contribution is -2.34. The van der Waals surface area contributed by atoms with Gasteiger partial charge in [0.1, 0.15) is 5.70 Å². The second-order valence-electron chi connectivity index (χ2n) is 7.45. The fourth-order valence-electron chi connectivity index (χ4n) is 3.72. The number of hydrogen-bond acceptors (Lipinski definition) is 5. The topological polar surface area (TPSA) is 67.9 Å². The van der Waals surface area contributed by atoms with Crippen molar-refractivity contribution in [2.75, 3.05) is 26.1 Å². The number of halogens is 1. The Morgan fingerprint density at radius 3 is 2.21 bits per heavy atom. The van der Waals surface area contributed by atoms with Gasteiger partial charge in [-0.1, -0.05) is 54.1 Å². The Hall–Kier alpha value is -3.77. The third-order valence-electron chi connectivity index (χ3n) is 5.42. The Bertz CT molecular complexity index is 1210. The number of anilines is 1. The summed E-state index contributed by atoms with van der Waals surface area (Å²) in [5.41, 5.74) is 2.84. The van der Waals surface area contributed by atoms with Gasteiger partial charge in [0.05, 0.1) is 19.8 Å². The predicted molar refractivity (Wildman–Crippen MR) is 128 cm³/mol. The van der Waals surface area contributed by atoms with Crippen LogP contribution < -0.4 is 14.8 Å². The van der Waals surface area contributed by atoms with Crippen molar-refractivity contribution in [3.05, 3.63) is 94.6 Å². The van der Waals surface area contributed by atoms with Crippen molar-refractivity contribution in [1.29, 1.82) is 0 Å². The van der Waals surface area contributed by atoms with Crippen LogP contribution in [0, 0.1) is 0 Å². The van der Waals surface area contributed by atoms with Crippen LogP contribution in [-0.4, -0.2) is 37.5 Å². The molecular weight excluding hydrogens is 440 g/mol. The van der Waals surface area contributed by atoms with E-state index in [-0.39, 0.29) is 24.1 Å². The van der Waals surface area contributed by atoms with E-state index in [0.717, 1.165) is 5.56 Å². The predicted octanol–water partition coefficient (Wildman–Crippen LogP) is 4.79. The van der Waals surface area contributed by atoms with Crippen molar-refractivity contribution >= 4 is 34.7 Å². The molecule has 0 spiro atoms. The van der Waals surface area contributed by atoms with Gasteiger partial charge in [-0.25, -0.2) is 0 Å². The van der Waals surface area contributed by atoms with E-state index < -0.39 is 0 Å². The van der Waals surface area contributed by atoms with E-state index in [1.54, 1.807) is 44.6 Å². The standard InChI is InChI=1S/C26H23ClN2O4/c1-32-21-13-12-20(16-22(21)33-2)28-24-23(18-6-4-3-5-7-18)25(30)29(26(24)31)15-14-17-8-10-19(27)11-9-17/h3-13,16,28H,14-15H2,1-2H3. The van der Waals surface area contributed by atoms with Crippen molar-refractivity contribution < 1.29 is 19.1 Å². The van der Waals surface area contributed by atoms with Crippen LogP contribution in [-0.2, 0) is 16.0 Å². The number of carbonyl (C=O) groups excluding carboxylic acids is 2. The van der Waals surface area contributed by atoms with Crippen LogP contribution in [0.15, 0.2) is 78.5 Å². The third-order valence-corrected chi connectivity index (χ3v) is 5.67. The van der Waals surface area contributed by atoms with Crippen molar-refractivity contribution in [1.82, 2.24) is 4.90 Å². The second-order valence-corrected chi connectivity index (χ2v) is 7.89. The number of nitrogens with zero attached hydrogens (tertiary/aromatic N) is 1. The van der Waals surface area contributed by atoms with E-state index in [1.807, 2.05) is 42.5 Å². The van der Waals surface area contributed by atoms with Gasteiger partial charge in [0.15, 0.2) is 11.5 Å². The van der Waals surface area contributed by atoms with Crippen molar-refractivity contribution in [3.63, 3.8) is 0 Å². The van der Waals surface area contributed by atoms with Crippen LogP contribution in [0.25, 0.3) is 5.57 Å². The maximum Gasteiger partial charge on any atom is 0.278 e. The van der Waals surface area contributed by atoms with Crippen molar-refractivity contribution in [3.8, 4) is 11.5 Å². The molecule has 1 heterocycles. The van der Waals surface area contributed by atoms with E-state index >= 15 is 0 Å². The van der Waals surface area contributed by atoms with Gasteiger partial charge in [0.25, 0.3) is 11.8 Å². The molecule has 0 atom stereocenters. The molecule has 0 saturated heterocycles. The van der Waals surface area contributed by atoms with E-state index in [0.29, 0.717) is 39.8 Å². The number of nitrogens with one attached hydrogen (secondary N) is 1. The van der Waals surface area contributed by atoms with E-state index in [2.05, 4.69) is 5.32 Å². The molecule has 0 aliphatic carbocycles. The lowest BCUT2D eigenvalue weighted by Gasteiger charge is -2.16. The first kappa shape index (κ1) is 22.4. The number of carbonyl (C=O) groups is 2. The van der Waals surface area contributed by atoms with Gasteiger partial charge < -0.3 is 14.8 Å². The number of benzene rings is 3. The lowest BCUT2D eigenvalue weighted by molar-refractivity contribution is -0.136. The van der Waals surface area contributed by atoms with Crippen molar-refractivity contribution in [2.24, 2.45) is 0 Å². The molecule has 33 heavy (non-hydrogen) atoms. The van der Waals surface area contributed by atoms with Gasteiger partial charge in [-0.3, -0.25) is 14.5 Å². The van der Waals surface area contributed by atoms with Crippen molar-refractivity contribution in [2.45, 2.75) is 6.42 Å². The minimum atomic E-state index is -0.373. The van der Waals surface area contributed by atoms with Gasteiger partial charge in [-0.05, 0) is 41.8 Å². The maximum atomic E-state index is 13.4. The molecule has 0 radical (unpaired) electrons. The smallest absolute Gasteiger partial charge is 0.278 e. The Labute approximate surface area is 197 Å². The summed E-state index contributed by atoms with van der Waals surface area (Å²) in [5, 5.41) is 3.79. The highest BCUT2D eigenvalue weighted by molar-refractivity contribution is 6.36. The number of ether oxygens (including phenoxy) is 2. The minimum absolute atomic E-state index is 0.231. The van der Waals surface area contributed by atoms with E-state index in [1.165, 1.54) is 4.90 Å². The van der Waals surface area contributed by atoms with Gasteiger partial charge in [-0.15, -0.1) is 0 Å². The molecule has 4 rings (SSSR count). The third kappa shape index (κ3) is 4.71. The molecule has 3 aromatic carbocycles. The van der Waals surface area contributed by atoms with E-state index in [9.17, 15) is 9.59 Å². The number of rotatable bonds is 8. The zero-order valence-electron chi connectivity index (χ0n) is 18.3. The number of hydrogen-bond donors (Lipinski definition) is 1. The Balaban J connectivity index is 1.65. The largest absolute Gasteiger partial charge is 0.493 e. The van der Waals surface area contributed by atoms with Gasteiger partial charge >= 0.3 is 0 Å². The van der Waals surface area contributed by atoms with Crippen LogP contribution >= 0.6 is 11.6 Å². The molecule has 0 bridgehead atoms. The average Bonchev–Trinajstić information content (AvgIpc) is 3.07. The second kappa shape index (κ2) is 9.79. The number of methoxy groups -OCH3 is 2. The van der Waals surface area contributed by atoms with E-state index in [4.69, 9.17) is 21.1 Å². The average molecular weight is 463 g/mol. The normalized spacial score (nSPS) is 13.5. The molecule has 0 fully saturated rings. The molecule has 0 saturated carbocycles. The molecule has 1 aliphatic heterocycles. The zero-order chi connectivity index (χ0) is 23.4. The molecule has 2 amide bonds. The summed E-state index contributed by atoms with van der Waals surface area (Å²) in [7, 11) is 3.10. The highest BCUT2D eigenvalue weighted by Gasteiger charge is 2.39. The summed E-state index contributed by atoms with van der Waals surface area (Å²) in [6, 6.07) is 21.8. The molecule has 0 aromatic heterocycles. The molecule has 1 aliphatic rings. The minimum Gasteiger partial charge on any atom is -0.493 e. The summed E-state index contributed by atoms with van der Waals surface area (Å²) in [6.45, 7) is 0.257. The molecule has 3 aromatic rings. The molecule has 1 N–H and O–H groups in total. The summed E-state index contributed by atoms with van der Waals surface area (Å²) < 4.78 is 10.7. The zero-order valence-corrected chi connectivity index (χ0v) is 19.1. The monoisotopic (exact) mass is 462 g/mol. The molecule has 168 valence electrons. The highest BCUT2D eigenvalue weighted by Crippen LogP contribution is 2.34. The summed E-state index contributed by atoms with van der Waals surface area (Å²) >= 11 is 5.96. The van der Waals surface area contributed by atoms with Crippen LogP contribution in [0.4, 0.5) is 5.69 Å². The summed E-state index contributed by atoms with van der Waals surface area (Å²) in [6.07, 6.45) is 0.528.